The third kappa shape index (κ3) is 5.68. The monoisotopic (exact) mass is 383 g/mol. The van der Waals surface area contributed by atoms with Crippen LogP contribution in [0.1, 0.15) is 11.1 Å². The molecule has 28 heavy (non-hydrogen) atoms. The average Bonchev–Trinajstić information content (AvgIpc) is 2.70. The number of aromatic nitrogens is 1. The van der Waals surface area contributed by atoms with Crippen LogP contribution in [0.4, 0.5) is 4.79 Å². The molecule has 1 aliphatic rings. The lowest BCUT2D eigenvalue weighted by atomic mass is 10.2. The van der Waals surface area contributed by atoms with E-state index in [4.69, 9.17) is 0 Å². The zero-order valence-corrected chi connectivity index (χ0v) is 16.6. The first-order chi connectivity index (χ1) is 13.5. The highest BCUT2D eigenvalue weighted by molar-refractivity contribution is 5.74. The smallest absolute Gasteiger partial charge is 0.318 e. The summed E-state index contributed by atoms with van der Waals surface area (Å²) in [6, 6.07) is 11.0. The third-order valence-corrected chi connectivity index (χ3v) is 5.16. The van der Waals surface area contributed by atoms with Gasteiger partial charge in [0.2, 0.25) is 0 Å². The molecule has 1 saturated heterocycles. The van der Waals surface area contributed by atoms with Gasteiger partial charge in [-0.05, 0) is 43.4 Å². The Hall–Kier alpha value is -2.64. The molecule has 1 aromatic heterocycles. The summed E-state index contributed by atoms with van der Waals surface area (Å²) in [6.07, 6.45) is 3.50. The second kappa shape index (κ2) is 9.52. The van der Waals surface area contributed by atoms with Crippen LogP contribution >= 0.6 is 0 Å². The molecule has 0 spiro atoms. The SMILES string of the molecule is CN1CCN(C)[C@H](CNC(=O)N(Cc2ccc(O)cc2)Cc2cccnc2)C1. The van der Waals surface area contributed by atoms with Crippen molar-refractivity contribution in [1.82, 2.24) is 25.0 Å². The van der Waals surface area contributed by atoms with Crippen molar-refractivity contribution < 1.29 is 9.90 Å². The minimum atomic E-state index is -0.0986. The van der Waals surface area contributed by atoms with Crippen LogP contribution in [0.2, 0.25) is 0 Å². The number of nitrogens with zero attached hydrogens (tertiary/aromatic N) is 4. The van der Waals surface area contributed by atoms with Gasteiger partial charge in [-0.25, -0.2) is 4.79 Å². The van der Waals surface area contributed by atoms with Gasteiger partial charge in [0, 0.05) is 57.7 Å². The highest BCUT2D eigenvalue weighted by Crippen LogP contribution is 2.14. The van der Waals surface area contributed by atoms with Crippen molar-refractivity contribution in [3.63, 3.8) is 0 Å². The van der Waals surface area contributed by atoms with Gasteiger partial charge in [0.25, 0.3) is 0 Å². The van der Waals surface area contributed by atoms with E-state index in [0.29, 0.717) is 25.7 Å². The molecule has 0 bridgehead atoms. The molecular weight excluding hydrogens is 354 g/mol. The second-order valence-electron chi connectivity index (χ2n) is 7.47. The molecule has 7 heteroatoms. The fourth-order valence-corrected chi connectivity index (χ4v) is 3.37. The van der Waals surface area contributed by atoms with Gasteiger partial charge in [-0.2, -0.15) is 0 Å². The molecule has 1 atom stereocenters. The zero-order chi connectivity index (χ0) is 19.9. The summed E-state index contributed by atoms with van der Waals surface area (Å²) in [6.45, 7) is 4.54. The van der Waals surface area contributed by atoms with Crippen LogP contribution in [0.15, 0.2) is 48.8 Å². The van der Waals surface area contributed by atoms with Gasteiger partial charge in [0.15, 0.2) is 0 Å². The number of aromatic hydroxyl groups is 1. The largest absolute Gasteiger partial charge is 0.508 e. The van der Waals surface area contributed by atoms with E-state index < -0.39 is 0 Å². The Kier molecular flexibility index (Phi) is 6.84. The Morgan fingerprint density at radius 3 is 2.64 bits per heavy atom. The van der Waals surface area contributed by atoms with E-state index in [-0.39, 0.29) is 11.8 Å². The fraction of sp³-hybridized carbons (Fsp3) is 0.429. The molecule has 1 fully saturated rings. The lowest BCUT2D eigenvalue weighted by molar-refractivity contribution is 0.112. The van der Waals surface area contributed by atoms with Crippen LogP contribution in [0, 0.1) is 0 Å². The molecule has 7 nitrogen and oxygen atoms in total. The van der Waals surface area contributed by atoms with Crippen molar-refractivity contribution in [1.29, 1.82) is 0 Å². The number of carbonyl (C=O) groups is 1. The van der Waals surface area contributed by atoms with Crippen LogP contribution < -0.4 is 5.32 Å². The summed E-state index contributed by atoms with van der Waals surface area (Å²) in [5, 5.41) is 12.6. The summed E-state index contributed by atoms with van der Waals surface area (Å²) < 4.78 is 0. The van der Waals surface area contributed by atoms with Crippen molar-refractivity contribution in [2.75, 3.05) is 40.3 Å². The maximum Gasteiger partial charge on any atom is 0.318 e. The van der Waals surface area contributed by atoms with Crippen molar-refractivity contribution in [3.05, 3.63) is 59.9 Å². The number of hydrogen-bond donors (Lipinski definition) is 2. The number of rotatable bonds is 6. The number of phenolic OH excluding ortho intramolecular Hbond substituents is 1. The van der Waals surface area contributed by atoms with E-state index >= 15 is 0 Å². The third-order valence-electron chi connectivity index (χ3n) is 5.16. The van der Waals surface area contributed by atoms with Gasteiger partial charge in [-0.1, -0.05) is 18.2 Å². The Morgan fingerprint density at radius 2 is 1.93 bits per heavy atom. The first-order valence-electron chi connectivity index (χ1n) is 9.59. The van der Waals surface area contributed by atoms with Crippen molar-refractivity contribution in [2.45, 2.75) is 19.1 Å². The van der Waals surface area contributed by atoms with Crippen LogP contribution in [-0.2, 0) is 13.1 Å². The predicted octanol–water partition coefficient (Wildman–Crippen LogP) is 1.74. The molecular formula is C21H29N5O2. The first kappa shape index (κ1) is 20.1. The number of carbonyl (C=O) groups excluding carboxylic acids is 1. The summed E-state index contributed by atoms with van der Waals surface area (Å²) in [5.41, 5.74) is 1.94. The van der Waals surface area contributed by atoms with Gasteiger partial charge >= 0.3 is 6.03 Å². The first-order valence-corrected chi connectivity index (χ1v) is 9.59. The van der Waals surface area contributed by atoms with Crippen LogP contribution in [-0.4, -0.2) is 77.1 Å². The van der Waals surface area contributed by atoms with Crippen molar-refractivity contribution >= 4 is 6.03 Å². The summed E-state index contributed by atoms with van der Waals surface area (Å²) in [5.74, 6) is 0.219. The molecule has 1 aromatic carbocycles. The maximum absolute atomic E-state index is 13.0. The molecule has 1 aliphatic heterocycles. The van der Waals surface area contributed by atoms with E-state index in [1.807, 2.05) is 24.3 Å². The maximum atomic E-state index is 13.0. The van der Waals surface area contributed by atoms with Gasteiger partial charge in [-0.3, -0.25) is 9.88 Å². The quantitative estimate of drug-likeness (QED) is 0.795. The van der Waals surface area contributed by atoms with Gasteiger partial charge in [0.05, 0.1) is 0 Å². The minimum Gasteiger partial charge on any atom is -0.508 e. The molecule has 2 heterocycles. The molecule has 2 aromatic rings. The Balaban J connectivity index is 1.66. The molecule has 0 radical (unpaired) electrons. The lowest BCUT2D eigenvalue weighted by Gasteiger charge is -2.38. The van der Waals surface area contributed by atoms with Gasteiger partial charge < -0.3 is 20.2 Å². The lowest BCUT2D eigenvalue weighted by Crippen LogP contribution is -2.55. The number of amides is 2. The molecule has 2 N–H and O–H groups in total. The van der Waals surface area contributed by atoms with Crippen LogP contribution in [0.5, 0.6) is 5.75 Å². The molecule has 3 rings (SSSR count). The standard InChI is InChI=1S/C21H29N5O2/c1-24-10-11-25(2)19(16-24)13-23-21(28)26(15-18-4-3-9-22-12-18)14-17-5-7-20(27)8-6-17/h3-9,12,19,27H,10-11,13-16H2,1-2H3,(H,23,28)/t19-/m1/s1. The normalized spacial score (nSPS) is 18.0. The minimum absolute atomic E-state index is 0.0986. The van der Waals surface area contributed by atoms with Crippen LogP contribution in [0.3, 0.4) is 0 Å². The highest BCUT2D eigenvalue weighted by Gasteiger charge is 2.23. The number of likely N-dealkylation sites (N-methyl/N-ethyl adjacent to an activating group) is 2. The summed E-state index contributed by atoms with van der Waals surface area (Å²) >= 11 is 0. The van der Waals surface area contributed by atoms with E-state index in [0.717, 1.165) is 30.8 Å². The topological polar surface area (TPSA) is 71.9 Å². The molecule has 2 amide bonds. The summed E-state index contributed by atoms with van der Waals surface area (Å²) in [4.78, 5) is 23.5. The number of hydrogen-bond acceptors (Lipinski definition) is 5. The Labute approximate surface area is 166 Å². The number of pyridine rings is 1. The molecule has 0 aliphatic carbocycles. The van der Waals surface area contributed by atoms with Crippen LogP contribution in [0.25, 0.3) is 0 Å². The number of nitrogens with one attached hydrogen (secondary N) is 1. The van der Waals surface area contributed by atoms with Gasteiger partial charge in [0.1, 0.15) is 5.75 Å². The number of phenols is 1. The van der Waals surface area contributed by atoms with Gasteiger partial charge in [-0.15, -0.1) is 0 Å². The number of urea groups is 1. The second-order valence-corrected chi connectivity index (χ2v) is 7.47. The molecule has 150 valence electrons. The van der Waals surface area contributed by atoms with E-state index in [1.54, 1.807) is 29.4 Å². The molecule has 0 saturated carbocycles. The number of benzene rings is 1. The van der Waals surface area contributed by atoms with Crippen molar-refractivity contribution in [3.8, 4) is 5.75 Å². The predicted molar refractivity (Wildman–Crippen MR) is 109 cm³/mol. The van der Waals surface area contributed by atoms with E-state index in [1.165, 1.54) is 0 Å². The highest BCUT2D eigenvalue weighted by atomic mass is 16.3. The fourth-order valence-electron chi connectivity index (χ4n) is 3.37. The molecule has 0 unspecified atom stereocenters. The zero-order valence-electron chi connectivity index (χ0n) is 16.6. The summed E-state index contributed by atoms with van der Waals surface area (Å²) in [7, 11) is 4.22. The van der Waals surface area contributed by atoms with Crippen molar-refractivity contribution in [2.24, 2.45) is 0 Å². The Morgan fingerprint density at radius 1 is 1.18 bits per heavy atom. The van der Waals surface area contributed by atoms with E-state index in [9.17, 15) is 9.90 Å². The average molecular weight is 383 g/mol. The Bertz CT molecular complexity index is 753. The van der Waals surface area contributed by atoms with E-state index in [2.05, 4.69) is 34.2 Å². The number of piperazine rings is 1.